The Labute approximate surface area is 79.0 Å². The predicted octanol–water partition coefficient (Wildman–Crippen LogP) is 0.840. The maximum atomic E-state index is 9.31. The number of hydrogen-bond acceptors (Lipinski definition) is 2. The minimum atomic E-state index is -0.311. The normalized spacial score (nSPS) is 15.8. The summed E-state index contributed by atoms with van der Waals surface area (Å²) >= 11 is 0. The molecular weight excluding hydrogens is 164 g/mol. The molecule has 0 aromatic carbocycles. The summed E-state index contributed by atoms with van der Waals surface area (Å²) in [6.45, 7) is 6.57. The standard InChI is InChI=1S/C10H18N2O/c1-7-4-12-8(2)9(7)10(3,5-11)6-13/h4,12-13H,5-6,11H2,1-3H3. The largest absolute Gasteiger partial charge is 0.395 e. The van der Waals surface area contributed by atoms with Crippen molar-refractivity contribution >= 4 is 0 Å². The molecule has 0 radical (unpaired) electrons. The molecule has 1 aromatic heterocycles. The van der Waals surface area contributed by atoms with Gasteiger partial charge in [0.05, 0.1) is 6.61 Å². The molecule has 0 bridgehead atoms. The van der Waals surface area contributed by atoms with Crippen molar-refractivity contribution in [3.8, 4) is 0 Å². The van der Waals surface area contributed by atoms with E-state index >= 15 is 0 Å². The number of nitrogens with one attached hydrogen (secondary N) is 1. The van der Waals surface area contributed by atoms with Crippen molar-refractivity contribution in [1.29, 1.82) is 0 Å². The number of aryl methyl sites for hydroxylation is 2. The average molecular weight is 182 g/mol. The first-order valence-electron chi connectivity index (χ1n) is 4.51. The number of aliphatic hydroxyl groups excluding tert-OH is 1. The summed E-state index contributed by atoms with van der Waals surface area (Å²) in [5.74, 6) is 0. The van der Waals surface area contributed by atoms with Gasteiger partial charge >= 0.3 is 0 Å². The Bertz CT molecular complexity index is 268. The van der Waals surface area contributed by atoms with Gasteiger partial charge in [-0.2, -0.15) is 0 Å². The van der Waals surface area contributed by atoms with Crippen molar-refractivity contribution in [3.05, 3.63) is 23.0 Å². The summed E-state index contributed by atoms with van der Waals surface area (Å²) in [6.07, 6.45) is 1.95. The summed E-state index contributed by atoms with van der Waals surface area (Å²) in [5.41, 5.74) is 8.77. The van der Waals surface area contributed by atoms with E-state index in [9.17, 15) is 5.11 Å². The Balaban J connectivity index is 3.18. The predicted molar refractivity (Wildman–Crippen MR) is 53.8 cm³/mol. The molecule has 3 heteroatoms. The lowest BCUT2D eigenvalue weighted by Crippen LogP contribution is -2.36. The van der Waals surface area contributed by atoms with Crippen LogP contribution in [0.3, 0.4) is 0 Å². The van der Waals surface area contributed by atoms with Gasteiger partial charge in [-0.1, -0.05) is 6.92 Å². The smallest absolute Gasteiger partial charge is 0.0538 e. The van der Waals surface area contributed by atoms with Crippen molar-refractivity contribution < 1.29 is 5.11 Å². The van der Waals surface area contributed by atoms with Crippen molar-refractivity contribution in [1.82, 2.24) is 4.98 Å². The monoisotopic (exact) mass is 182 g/mol. The summed E-state index contributed by atoms with van der Waals surface area (Å²) in [7, 11) is 0. The van der Waals surface area contributed by atoms with Crippen LogP contribution in [0, 0.1) is 13.8 Å². The fourth-order valence-corrected chi connectivity index (χ4v) is 1.83. The highest BCUT2D eigenvalue weighted by Gasteiger charge is 2.28. The van der Waals surface area contributed by atoms with Crippen LogP contribution in [0.1, 0.15) is 23.7 Å². The molecule has 1 aromatic rings. The molecule has 4 N–H and O–H groups in total. The molecule has 74 valence electrons. The molecule has 1 rings (SSSR count). The van der Waals surface area contributed by atoms with Crippen molar-refractivity contribution in [2.24, 2.45) is 5.73 Å². The second kappa shape index (κ2) is 3.52. The lowest BCUT2D eigenvalue weighted by atomic mass is 9.81. The van der Waals surface area contributed by atoms with E-state index in [4.69, 9.17) is 5.73 Å². The zero-order valence-electron chi connectivity index (χ0n) is 8.52. The highest BCUT2D eigenvalue weighted by Crippen LogP contribution is 2.27. The molecular formula is C10H18N2O. The fraction of sp³-hybridized carbons (Fsp3) is 0.600. The molecule has 1 atom stereocenters. The minimum absolute atomic E-state index is 0.0863. The van der Waals surface area contributed by atoms with Gasteiger partial charge < -0.3 is 15.8 Å². The van der Waals surface area contributed by atoms with Crippen LogP contribution in [0.2, 0.25) is 0 Å². The lowest BCUT2D eigenvalue weighted by Gasteiger charge is -2.26. The second-order valence-electron chi connectivity index (χ2n) is 3.89. The van der Waals surface area contributed by atoms with Gasteiger partial charge in [0.15, 0.2) is 0 Å². The quantitative estimate of drug-likeness (QED) is 0.648. The summed E-state index contributed by atoms with van der Waals surface area (Å²) in [4.78, 5) is 3.14. The molecule has 0 aliphatic carbocycles. The number of aliphatic hydroxyl groups is 1. The zero-order chi connectivity index (χ0) is 10.1. The first kappa shape index (κ1) is 10.3. The van der Waals surface area contributed by atoms with Gasteiger partial charge in [-0.25, -0.2) is 0 Å². The maximum absolute atomic E-state index is 9.31. The maximum Gasteiger partial charge on any atom is 0.0538 e. The summed E-state index contributed by atoms with van der Waals surface area (Å²) in [6, 6.07) is 0. The zero-order valence-corrected chi connectivity index (χ0v) is 8.52. The topological polar surface area (TPSA) is 62.0 Å². The molecule has 0 spiro atoms. The van der Waals surface area contributed by atoms with E-state index in [0.717, 1.165) is 11.3 Å². The third-order valence-corrected chi connectivity index (χ3v) is 2.68. The van der Waals surface area contributed by atoms with Crippen LogP contribution in [0.5, 0.6) is 0 Å². The van der Waals surface area contributed by atoms with Crippen molar-refractivity contribution in [2.75, 3.05) is 13.2 Å². The fourth-order valence-electron chi connectivity index (χ4n) is 1.83. The number of nitrogens with two attached hydrogens (primary N) is 1. The molecule has 0 aliphatic rings. The molecule has 0 aliphatic heterocycles. The number of aromatic nitrogens is 1. The van der Waals surface area contributed by atoms with Gasteiger partial charge in [0.25, 0.3) is 0 Å². The molecule has 0 saturated heterocycles. The lowest BCUT2D eigenvalue weighted by molar-refractivity contribution is 0.209. The van der Waals surface area contributed by atoms with Gasteiger partial charge in [0, 0.05) is 23.9 Å². The third-order valence-electron chi connectivity index (χ3n) is 2.68. The highest BCUT2D eigenvalue weighted by atomic mass is 16.3. The van der Waals surface area contributed by atoms with Gasteiger partial charge in [0.2, 0.25) is 0 Å². The third kappa shape index (κ3) is 1.62. The van der Waals surface area contributed by atoms with E-state index in [-0.39, 0.29) is 12.0 Å². The van der Waals surface area contributed by atoms with E-state index in [2.05, 4.69) is 4.98 Å². The van der Waals surface area contributed by atoms with E-state index in [0.29, 0.717) is 6.54 Å². The first-order valence-corrected chi connectivity index (χ1v) is 4.51. The number of hydrogen-bond donors (Lipinski definition) is 3. The molecule has 3 nitrogen and oxygen atoms in total. The molecule has 13 heavy (non-hydrogen) atoms. The highest BCUT2D eigenvalue weighted by molar-refractivity contribution is 5.36. The molecule has 0 fully saturated rings. The van der Waals surface area contributed by atoms with Crippen LogP contribution in [0.15, 0.2) is 6.20 Å². The number of H-pyrrole nitrogens is 1. The van der Waals surface area contributed by atoms with Crippen LogP contribution >= 0.6 is 0 Å². The number of rotatable bonds is 3. The average Bonchev–Trinajstić information content (AvgIpc) is 2.46. The summed E-state index contributed by atoms with van der Waals surface area (Å²) in [5, 5.41) is 9.31. The van der Waals surface area contributed by atoms with Crippen LogP contribution in [-0.2, 0) is 5.41 Å². The SMILES string of the molecule is Cc1c[nH]c(C)c1C(C)(CN)CO. The Morgan fingerprint density at radius 2 is 2.15 bits per heavy atom. The molecule has 1 unspecified atom stereocenters. The van der Waals surface area contributed by atoms with E-state index in [1.807, 2.05) is 27.0 Å². The van der Waals surface area contributed by atoms with Gasteiger partial charge in [-0.15, -0.1) is 0 Å². The Kier molecular flexibility index (Phi) is 2.78. The van der Waals surface area contributed by atoms with Crippen LogP contribution < -0.4 is 5.73 Å². The Hall–Kier alpha value is -0.800. The number of aromatic amines is 1. The van der Waals surface area contributed by atoms with Crippen LogP contribution in [0.4, 0.5) is 0 Å². The van der Waals surface area contributed by atoms with E-state index < -0.39 is 0 Å². The van der Waals surface area contributed by atoms with Crippen molar-refractivity contribution in [2.45, 2.75) is 26.2 Å². The molecule has 1 heterocycles. The van der Waals surface area contributed by atoms with E-state index in [1.165, 1.54) is 5.56 Å². The van der Waals surface area contributed by atoms with Gasteiger partial charge in [-0.05, 0) is 25.0 Å². The first-order chi connectivity index (χ1) is 6.05. The van der Waals surface area contributed by atoms with Gasteiger partial charge in [-0.3, -0.25) is 0 Å². The Morgan fingerprint density at radius 1 is 1.54 bits per heavy atom. The second-order valence-corrected chi connectivity index (χ2v) is 3.89. The molecule has 0 amide bonds. The molecule has 0 saturated carbocycles. The minimum Gasteiger partial charge on any atom is -0.395 e. The van der Waals surface area contributed by atoms with E-state index in [1.54, 1.807) is 0 Å². The van der Waals surface area contributed by atoms with Gasteiger partial charge in [0.1, 0.15) is 0 Å². The van der Waals surface area contributed by atoms with Crippen LogP contribution in [-0.4, -0.2) is 23.2 Å². The Morgan fingerprint density at radius 3 is 2.46 bits per heavy atom. The van der Waals surface area contributed by atoms with Crippen LogP contribution in [0.25, 0.3) is 0 Å². The van der Waals surface area contributed by atoms with Crippen molar-refractivity contribution in [3.63, 3.8) is 0 Å². The summed E-state index contributed by atoms with van der Waals surface area (Å²) < 4.78 is 0.